The summed E-state index contributed by atoms with van der Waals surface area (Å²) in [5, 5.41) is 10.1. The lowest BCUT2D eigenvalue weighted by molar-refractivity contribution is 0.0298. The molecule has 0 radical (unpaired) electrons. The van der Waals surface area contributed by atoms with Crippen molar-refractivity contribution in [3.63, 3.8) is 0 Å². The molecule has 0 heterocycles. The predicted molar refractivity (Wildman–Crippen MR) is 66.0 cm³/mol. The van der Waals surface area contributed by atoms with E-state index in [1.807, 2.05) is 0 Å². The van der Waals surface area contributed by atoms with Gasteiger partial charge in [-0.1, -0.05) is 34.6 Å². The third-order valence-corrected chi connectivity index (χ3v) is 6.24. The van der Waals surface area contributed by atoms with Crippen LogP contribution in [0, 0.1) is 34.0 Å². The molecule has 3 aliphatic carbocycles. The molecule has 16 heavy (non-hydrogen) atoms. The van der Waals surface area contributed by atoms with Crippen LogP contribution in [0.3, 0.4) is 0 Å². The van der Waals surface area contributed by atoms with Gasteiger partial charge < -0.3 is 5.11 Å². The molecule has 1 nitrogen and oxygen atoms in total. The molecule has 1 heteroatoms. The lowest BCUT2D eigenvalue weighted by atomic mass is 9.66. The second-order valence-corrected chi connectivity index (χ2v) is 8.31. The first-order valence-electron chi connectivity index (χ1n) is 6.88. The van der Waals surface area contributed by atoms with Gasteiger partial charge in [-0.15, -0.1) is 0 Å². The third-order valence-electron chi connectivity index (χ3n) is 6.24. The van der Waals surface area contributed by atoms with Crippen molar-refractivity contribution in [3.8, 4) is 0 Å². The summed E-state index contributed by atoms with van der Waals surface area (Å²) in [6.07, 6.45) is 3.52. The van der Waals surface area contributed by atoms with Crippen molar-refractivity contribution >= 4 is 0 Å². The highest BCUT2D eigenvalue weighted by Gasteiger charge is 2.79. The van der Waals surface area contributed by atoms with E-state index in [-0.39, 0.29) is 6.10 Å². The first kappa shape index (κ1) is 11.1. The summed E-state index contributed by atoms with van der Waals surface area (Å²) < 4.78 is 0. The Balaban J connectivity index is 1.99. The van der Waals surface area contributed by atoms with E-state index in [9.17, 15) is 5.11 Å². The summed E-state index contributed by atoms with van der Waals surface area (Å²) in [4.78, 5) is 0. The molecule has 5 unspecified atom stereocenters. The smallest absolute Gasteiger partial charge is 0.0548 e. The molecule has 0 aromatic rings. The van der Waals surface area contributed by atoms with Crippen LogP contribution in [-0.4, -0.2) is 11.2 Å². The molecule has 3 fully saturated rings. The molecule has 0 aromatic carbocycles. The zero-order valence-electron chi connectivity index (χ0n) is 11.4. The number of rotatable bonds is 0. The van der Waals surface area contributed by atoms with E-state index in [1.165, 1.54) is 6.42 Å². The maximum Gasteiger partial charge on any atom is 0.0548 e. The van der Waals surface area contributed by atoms with Gasteiger partial charge in [0.25, 0.3) is 0 Å². The van der Waals surface area contributed by atoms with E-state index in [2.05, 4.69) is 34.6 Å². The van der Waals surface area contributed by atoms with E-state index in [0.29, 0.717) is 16.2 Å². The van der Waals surface area contributed by atoms with Crippen LogP contribution >= 0.6 is 0 Å². The number of hydrogen-bond acceptors (Lipinski definition) is 1. The maximum atomic E-state index is 10.1. The standard InChI is InChI=1S/C15H26O/c1-13(2,3)11-9-6-10(16)8-15(7-9)12(11)14(15,4)5/h9-12,16H,6-8H2,1-5H3. The quantitative estimate of drug-likeness (QED) is 0.665. The second kappa shape index (κ2) is 2.68. The van der Waals surface area contributed by atoms with Crippen molar-refractivity contribution in [1.29, 1.82) is 0 Å². The zero-order valence-corrected chi connectivity index (χ0v) is 11.4. The molecule has 1 spiro atoms. The van der Waals surface area contributed by atoms with Crippen molar-refractivity contribution in [2.75, 3.05) is 0 Å². The van der Waals surface area contributed by atoms with Crippen molar-refractivity contribution < 1.29 is 5.11 Å². The van der Waals surface area contributed by atoms with E-state index >= 15 is 0 Å². The summed E-state index contributed by atoms with van der Waals surface area (Å²) in [6, 6.07) is 0. The minimum atomic E-state index is -0.0182. The van der Waals surface area contributed by atoms with Gasteiger partial charge in [0.15, 0.2) is 0 Å². The van der Waals surface area contributed by atoms with Crippen molar-refractivity contribution in [2.45, 2.75) is 60.0 Å². The fraction of sp³-hybridized carbons (Fsp3) is 1.00. The van der Waals surface area contributed by atoms with Gasteiger partial charge in [0, 0.05) is 0 Å². The monoisotopic (exact) mass is 222 g/mol. The molecule has 3 saturated carbocycles. The Morgan fingerprint density at radius 2 is 1.75 bits per heavy atom. The minimum absolute atomic E-state index is 0.0182. The highest BCUT2D eigenvalue weighted by molar-refractivity contribution is 5.27. The molecular weight excluding hydrogens is 196 g/mol. The van der Waals surface area contributed by atoms with E-state index in [0.717, 1.165) is 30.6 Å². The fourth-order valence-corrected chi connectivity index (χ4v) is 5.80. The van der Waals surface area contributed by atoms with Crippen LogP contribution < -0.4 is 0 Å². The highest BCUT2D eigenvalue weighted by atomic mass is 16.3. The van der Waals surface area contributed by atoms with Crippen LogP contribution in [0.15, 0.2) is 0 Å². The van der Waals surface area contributed by atoms with Crippen LogP contribution in [0.25, 0.3) is 0 Å². The van der Waals surface area contributed by atoms with Gasteiger partial charge in [-0.3, -0.25) is 0 Å². The summed E-state index contributed by atoms with van der Waals surface area (Å²) in [7, 11) is 0. The summed E-state index contributed by atoms with van der Waals surface area (Å²) in [5.41, 5.74) is 1.41. The molecule has 0 aromatic heterocycles. The Morgan fingerprint density at radius 3 is 2.31 bits per heavy atom. The molecule has 92 valence electrons. The van der Waals surface area contributed by atoms with E-state index in [1.54, 1.807) is 0 Å². The van der Waals surface area contributed by atoms with Crippen LogP contribution in [0.5, 0.6) is 0 Å². The molecule has 2 bridgehead atoms. The Morgan fingerprint density at radius 1 is 1.12 bits per heavy atom. The third kappa shape index (κ3) is 1.06. The van der Waals surface area contributed by atoms with Gasteiger partial charge in [-0.2, -0.15) is 0 Å². The normalized spacial score (nSPS) is 53.6. The SMILES string of the molecule is CC(C)(C)C1C2CC(O)CC3(C2)C1C3(C)C. The van der Waals surface area contributed by atoms with Crippen LogP contribution in [0.2, 0.25) is 0 Å². The van der Waals surface area contributed by atoms with Crippen molar-refractivity contribution in [3.05, 3.63) is 0 Å². The molecule has 3 aliphatic rings. The Bertz CT molecular complexity index is 325. The zero-order chi connectivity index (χ0) is 11.9. The van der Waals surface area contributed by atoms with Gasteiger partial charge in [-0.25, -0.2) is 0 Å². The van der Waals surface area contributed by atoms with Gasteiger partial charge in [-0.05, 0) is 53.3 Å². The first-order valence-corrected chi connectivity index (χ1v) is 6.88. The highest BCUT2D eigenvalue weighted by Crippen LogP contribution is 2.85. The maximum absolute atomic E-state index is 10.1. The Labute approximate surface area is 99.6 Å². The van der Waals surface area contributed by atoms with Crippen LogP contribution in [-0.2, 0) is 0 Å². The van der Waals surface area contributed by atoms with Gasteiger partial charge in [0.2, 0.25) is 0 Å². The fourth-order valence-electron chi connectivity index (χ4n) is 5.80. The molecule has 0 amide bonds. The van der Waals surface area contributed by atoms with Crippen LogP contribution in [0.4, 0.5) is 0 Å². The summed E-state index contributed by atoms with van der Waals surface area (Å²) in [5.74, 6) is 2.50. The average Bonchev–Trinajstić information content (AvgIpc) is 2.45. The number of aliphatic hydroxyl groups excluding tert-OH is 1. The topological polar surface area (TPSA) is 20.2 Å². The average molecular weight is 222 g/mol. The van der Waals surface area contributed by atoms with Gasteiger partial charge >= 0.3 is 0 Å². The van der Waals surface area contributed by atoms with Crippen molar-refractivity contribution in [1.82, 2.24) is 0 Å². The Hall–Kier alpha value is -0.0400. The molecule has 0 aliphatic heterocycles. The lowest BCUT2D eigenvalue weighted by Gasteiger charge is -2.40. The van der Waals surface area contributed by atoms with Gasteiger partial charge in [0.1, 0.15) is 0 Å². The number of aliphatic hydroxyl groups is 1. The predicted octanol–water partition coefficient (Wildman–Crippen LogP) is 3.47. The molecule has 0 saturated heterocycles. The van der Waals surface area contributed by atoms with E-state index in [4.69, 9.17) is 0 Å². The summed E-state index contributed by atoms with van der Waals surface area (Å²) >= 11 is 0. The van der Waals surface area contributed by atoms with Crippen molar-refractivity contribution in [2.24, 2.45) is 34.0 Å². The summed E-state index contributed by atoms with van der Waals surface area (Å²) in [6.45, 7) is 12.1. The second-order valence-electron chi connectivity index (χ2n) is 8.31. The number of hydrogen-bond donors (Lipinski definition) is 1. The number of fused-ring (bicyclic) bond motifs is 1. The molecule has 1 N–H and O–H groups in total. The molecule has 5 atom stereocenters. The minimum Gasteiger partial charge on any atom is -0.393 e. The van der Waals surface area contributed by atoms with Gasteiger partial charge in [0.05, 0.1) is 6.10 Å². The lowest BCUT2D eigenvalue weighted by Crippen LogP contribution is -2.34. The Kier molecular flexibility index (Phi) is 1.86. The van der Waals surface area contributed by atoms with E-state index < -0.39 is 0 Å². The molecule has 3 rings (SSSR count). The molecular formula is C15H26O. The largest absolute Gasteiger partial charge is 0.393 e. The first-order chi connectivity index (χ1) is 7.20. The van der Waals surface area contributed by atoms with Crippen LogP contribution in [0.1, 0.15) is 53.9 Å².